The minimum Gasteiger partial charge on any atom is -0.357 e. The fourth-order valence-corrected chi connectivity index (χ4v) is 3.96. The maximum Gasteiger partial charge on any atom is 0.270 e. The van der Waals surface area contributed by atoms with Gasteiger partial charge < -0.3 is 9.88 Å². The second-order valence-corrected chi connectivity index (χ2v) is 7.89. The first-order valence-electron chi connectivity index (χ1n) is 7.65. The van der Waals surface area contributed by atoms with E-state index in [2.05, 4.69) is 21.4 Å². The molecule has 0 spiro atoms. The average Bonchev–Trinajstić information content (AvgIpc) is 2.99. The van der Waals surface area contributed by atoms with Crippen LogP contribution in [0.1, 0.15) is 33.2 Å². The standard InChI is InChI=1S/C17H17N3OS2/c1-11-19-16(10-23-11)12-7-15(18-8-12)17(21)20(13-4-5-13)9-14-3-2-6-22-14/h2-3,6-8,10,13,18H,4-5,9H2,1H3. The van der Waals surface area contributed by atoms with Crippen molar-refractivity contribution in [1.29, 1.82) is 0 Å². The number of amides is 1. The van der Waals surface area contributed by atoms with Gasteiger partial charge in [0.25, 0.3) is 5.91 Å². The van der Waals surface area contributed by atoms with Crippen LogP contribution in [-0.2, 0) is 6.54 Å². The van der Waals surface area contributed by atoms with E-state index in [1.165, 1.54) is 4.88 Å². The predicted molar refractivity (Wildman–Crippen MR) is 93.9 cm³/mol. The zero-order chi connectivity index (χ0) is 15.8. The molecule has 1 aliphatic rings. The Morgan fingerprint density at radius 3 is 2.96 bits per heavy atom. The number of aromatic amines is 1. The normalized spacial score (nSPS) is 14.1. The van der Waals surface area contributed by atoms with Gasteiger partial charge in [-0.05, 0) is 37.3 Å². The van der Waals surface area contributed by atoms with E-state index in [-0.39, 0.29) is 5.91 Å². The highest BCUT2D eigenvalue weighted by Crippen LogP contribution is 2.31. The molecule has 1 fully saturated rings. The summed E-state index contributed by atoms with van der Waals surface area (Å²) in [6.45, 7) is 2.69. The topological polar surface area (TPSA) is 49.0 Å². The van der Waals surface area contributed by atoms with E-state index in [4.69, 9.17) is 0 Å². The maximum absolute atomic E-state index is 12.9. The average molecular weight is 343 g/mol. The van der Waals surface area contributed by atoms with Gasteiger partial charge in [0.2, 0.25) is 0 Å². The Morgan fingerprint density at radius 1 is 1.43 bits per heavy atom. The quantitative estimate of drug-likeness (QED) is 0.750. The minimum absolute atomic E-state index is 0.0825. The zero-order valence-electron chi connectivity index (χ0n) is 12.8. The second kappa shape index (κ2) is 5.94. The first kappa shape index (κ1) is 14.7. The van der Waals surface area contributed by atoms with Crippen molar-refractivity contribution in [3.05, 3.63) is 50.7 Å². The number of carbonyl (C=O) groups is 1. The molecule has 0 saturated heterocycles. The van der Waals surface area contributed by atoms with Crippen molar-refractivity contribution in [1.82, 2.24) is 14.9 Å². The Kier molecular flexibility index (Phi) is 3.79. The number of thiazole rings is 1. The van der Waals surface area contributed by atoms with Crippen LogP contribution in [0.2, 0.25) is 0 Å². The molecule has 0 atom stereocenters. The van der Waals surface area contributed by atoms with Gasteiger partial charge >= 0.3 is 0 Å². The fourth-order valence-electron chi connectivity index (χ4n) is 2.64. The number of nitrogens with one attached hydrogen (secondary N) is 1. The highest BCUT2D eigenvalue weighted by Gasteiger charge is 2.33. The summed E-state index contributed by atoms with van der Waals surface area (Å²) in [6.07, 6.45) is 4.09. The third kappa shape index (κ3) is 3.09. The van der Waals surface area contributed by atoms with Crippen LogP contribution < -0.4 is 0 Å². The third-order valence-corrected chi connectivity index (χ3v) is 5.62. The van der Waals surface area contributed by atoms with Crippen LogP contribution in [0.25, 0.3) is 11.3 Å². The summed E-state index contributed by atoms with van der Waals surface area (Å²) in [7, 11) is 0. The van der Waals surface area contributed by atoms with E-state index in [1.54, 1.807) is 22.7 Å². The first-order chi connectivity index (χ1) is 11.2. The Bertz CT molecular complexity index is 815. The summed E-state index contributed by atoms with van der Waals surface area (Å²) in [5.41, 5.74) is 2.55. The molecule has 1 amide bonds. The second-order valence-electron chi connectivity index (χ2n) is 5.80. The molecule has 0 aliphatic heterocycles. The molecule has 3 aromatic rings. The molecule has 0 bridgehead atoms. The van der Waals surface area contributed by atoms with E-state index >= 15 is 0 Å². The third-order valence-electron chi connectivity index (χ3n) is 3.98. The Balaban J connectivity index is 1.56. The van der Waals surface area contributed by atoms with Gasteiger partial charge in [0.05, 0.1) is 17.2 Å². The lowest BCUT2D eigenvalue weighted by Gasteiger charge is -2.21. The molecule has 3 aromatic heterocycles. The number of hydrogen-bond donors (Lipinski definition) is 1. The summed E-state index contributed by atoms with van der Waals surface area (Å²) >= 11 is 3.32. The molecule has 3 heterocycles. The number of aryl methyl sites for hydroxylation is 1. The molecule has 23 heavy (non-hydrogen) atoms. The highest BCUT2D eigenvalue weighted by atomic mass is 32.1. The lowest BCUT2D eigenvalue weighted by atomic mass is 10.2. The van der Waals surface area contributed by atoms with Crippen LogP contribution in [0.4, 0.5) is 0 Å². The molecule has 118 valence electrons. The van der Waals surface area contributed by atoms with Gasteiger partial charge in [-0.25, -0.2) is 4.98 Å². The molecule has 4 nitrogen and oxygen atoms in total. The van der Waals surface area contributed by atoms with Crippen LogP contribution >= 0.6 is 22.7 Å². The molecule has 1 aliphatic carbocycles. The SMILES string of the molecule is Cc1nc(-c2c[nH]c(C(=O)N(Cc3cccs3)C3CC3)c2)cs1. The Labute approximate surface area is 142 Å². The van der Waals surface area contributed by atoms with Crippen LogP contribution in [0.15, 0.2) is 35.2 Å². The number of aromatic nitrogens is 2. The molecular formula is C17H17N3OS2. The van der Waals surface area contributed by atoms with E-state index < -0.39 is 0 Å². The first-order valence-corrected chi connectivity index (χ1v) is 9.41. The monoisotopic (exact) mass is 343 g/mol. The van der Waals surface area contributed by atoms with E-state index in [0.717, 1.165) is 29.1 Å². The van der Waals surface area contributed by atoms with E-state index in [9.17, 15) is 4.79 Å². The summed E-state index contributed by atoms with van der Waals surface area (Å²) in [6, 6.07) is 6.43. The highest BCUT2D eigenvalue weighted by molar-refractivity contribution is 7.10. The molecule has 4 rings (SSSR count). The van der Waals surface area contributed by atoms with Crippen molar-refractivity contribution in [3.8, 4) is 11.3 Å². The number of rotatable bonds is 5. The number of nitrogens with zero attached hydrogens (tertiary/aromatic N) is 2. The van der Waals surface area contributed by atoms with Gasteiger partial charge in [-0.15, -0.1) is 22.7 Å². The van der Waals surface area contributed by atoms with Crippen molar-refractivity contribution < 1.29 is 4.79 Å². The van der Waals surface area contributed by atoms with Crippen molar-refractivity contribution in [2.24, 2.45) is 0 Å². The van der Waals surface area contributed by atoms with E-state index in [0.29, 0.717) is 18.3 Å². The van der Waals surface area contributed by atoms with Gasteiger partial charge in [-0.1, -0.05) is 6.07 Å². The number of thiophene rings is 1. The van der Waals surface area contributed by atoms with Gasteiger partial charge in [0, 0.05) is 28.1 Å². The lowest BCUT2D eigenvalue weighted by molar-refractivity contribution is 0.0726. The Morgan fingerprint density at radius 2 is 2.30 bits per heavy atom. The predicted octanol–water partition coefficient (Wildman–Crippen LogP) is 4.31. The lowest BCUT2D eigenvalue weighted by Crippen LogP contribution is -2.32. The van der Waals surface area contributed by atoms with E-state index in [1.807, 2.05) is 35.5 Å². The van der Waals surface area contributed by atoms with Crippen molar-refractivity contribution in [3.63, 3.8) is 0 Å². The summed E-state index contributed by atoms with van der Waals surface area (Å²) in [4.78, 5) is 23.7. The molecule has 1 N–H and O–H groups in total. The van der Waals surface area contributed by atoms with Crippen LogP contribution in [0.3, 0.4) is 0 Å². The van der Waals surface area contributed by atoms with Gasteiger partial charge in [-0.3, -0.25) is 4.79 Å². The van der Waals surface area contributed by atoms with Crippen LogP contribution in [0.5, 0.6) is 0 Å². The zero-order valence-corrected chi connectivity index (χ0v) is 14.4. The minimum atomic E-state index is 0.0825. The summed E-state index contributed by atoms with van der Waals surface area (Å²) in [5, 5.41) is 5.12. The molecule has 0 aromatic carbocycles. The fraction of sp³-hybridized carbons (Fsp3) is 0.294. The van der Waals surface area contributed by atoms with Crippen molar-refractivity contribution in [2.45, 2.75) is 32.4 Å². The van der Waals surface area contributed by atoms with Gasteiger partial charge in [0.15, 0.2) is 0 Å². The van der Waals surface area contributed by atoms with Crippen molar-refractivity contribution >= 4 is 28.6 Å². The molecule has 0 unspecified atom stereocenters. The molecular weight excluding hydrogens is 326 g/mol. The smallest absolute Gasteiger partial charge is 0.270 e. The summed E-state index contributed by atoms with van der Waals surface area (Å²) < 4.78 is 0. The van der Waals surface area contributed by atoms with Crippen LogP contribution in [-0.4, -0.2) is 26.8 Å². The van der Waals surface area contributed by atoms with Crippen molar-refractivity contribution in [2.75, 3.05) is 0 Å². The molecule has 1 saturated carbocycles. The van der Waals surface area contributed by atoms with Gasteiger partial charge in [-0.2, -0.15) is 0 Å². The summed E-state index contributed by atoms with van der Waals surface area (Å²) in [5.74, 6) is 0.0825. The number of H-pyrrole nitrogens is 1. The largest absolute Gasteiger partial charge is 0.357 e. The van der Waals surface area contributed by atoms with Gasteiger partial charge in [0.1, 0.15) is 5.69 Å². The maximum atomic E-state index is 12.9. The molecule has 6 heteroatoms. The Hall–Kier alpha value is -1.92. The van der Waals surface area contributed by atoms with Crippen LogP contribution in [0, 0.1) is 6.92 Å². The molecule has 0 radical (unpaired) electrons. The number of hydrogen-bond acceptors (Lipinski definition) is 4. The number of carbonyl (C=O) groups excluding carboxylic acids is 1.